The van der Waals surface area contributed by atoms with E-state index >= 15 is 0 Å². The van der Waals surface area contributed by atoms with Crippen LogP contribution in [-0.4, -0.2) is 47.9 Å². The van der Waals surface area contributed by atoms with Crippen molar-refractivity contribution in [3.63, 3.8) is 0 Å². The van der Waals surface area contributed by atoms with E-state index in [-0.39, 0.29) is 30.0 Å². The number of hydrogen-bond donors (Lipinski definition) is 1. The molecule has 0 amide bonds. The smallest absolute Gasteiger partial charge is 0.131 e. The third-order valence-electron chi connectivity index (χ3n) is 6.56. The van der Waals surface area contributed by atoms with Crippen LogP contribution in [0.4, 0.5) is 0 Å². The van der Waals surface area contributed by atoms with Gasteiger partial charge in [-0.15, -0.1) is 6.58 Å². The molecule has 1 N–H and O–H groups in total. The average molecular weight is 466 g/mol. The van der Waals surface area contributed by atoms with Gasteiger partial charge in [0.05, 0.1) is 32.8 Å². The van der Waals surface area contributed by atoms with Crippen molar-refractivity contribution in [3.05, 3.63) is 48.7 Å². The number of benzene rings is 1. The van der Waals surface area contributed by atoms with E-state index in [1.165, 1.54) is 6.42 Å². The molecule has 5 heteroatoms. The zero-order valence-electron chi connectivity index (χ0n) is 15.4. The van der Waals surface area contributed by atoms with Crippen LogP contribution >= 0.6 is 0 Å². The third kappa shape index (κ3) is 3.14. The van der Waals surface area contributed by atoms with Crippen LogP contribution in [0.3, 0.4) is 0 Å². The number of aliphatic hydroxyl groups excluding tert-OH is 1. The first-order chi connectivity index (χ1) is 12.1. The standard InChI is InChI=1S/C21H27N2O2.HI/c1-4-14-13-23(2)10-8-15(14)11-20(23)21(24)17-7-9-22-19-6-5-16(25-3)12-18(17)19;/h4-7,9,12,14-15,20-21,24H,1,8,10-11,13H2,2-3H3;1H/q+1;/p-1. The molecule has 3 aliphatic rings. The number of likely N-dealkylation sites (N-methyl/N-ethyl adjacent to an activating group) is 1. The summed E-state index contributed by atoms with van der Waals surface area (Å²) >= 11 is 0. The van der Waals surface area contributed by atoms with Crippen LogP contribution in [0.5, 0.6) is 5.75 Å². The highest BCUT2D eigenvalue weighted by Gasteiger charge is 2.51. The Morgan fingerprint density at radius 2 is 2.19 bits per heavy atom. The summed E-state index contributed by atoms with van der Waals surface area (Å²) in [7, 11) is 3.96. The first-order valence-corrected chi connectivity index (χ1v) is 9.13. The zero-order valence-corrected chi connectivity index (χ0v) is 17.6. The summed E-state index contributed by atoms with van der Waals surface area (Å²) in [5.41, 5.74) is 1.87. The van der Waals surface area contributed by atoms with E-state index in [2.05, 4.69) is 24.7 Å². The second-order valence-corrected chi connectivity index (χ2v) is 7.87. The molecule has 0 radical (unpaired) electrons. The molecule has 2 aromatic rings. The van der Waals surface area contributed by atoms with Crippen molar-refractivity contribution in [1.82, 2.24) is 4.98 Å². The van der Waals surface area contributed by atoms with E-state index in [0.717, 1.165) is 46.2 Å². The van der Waals surface area contributed by atoms with Crippen molar-refractivity contribution in [2.45, 2.75) is 25.0 Å². The number of rotatable bonds is 4. The third-order valence-corrected chi connectivity index (χ3v) is 6.56. The van der Waals surface area contributed by atoms with Gasteiger partial charge in [0.25, 0.3) is 0 Å². The Balaban J connectivity index is 0.00000196. The molecule has 4 nitrogen and oxygen atoms in total. The van der Waals surface area contributed by atoms with Gasteiger partial charge in [0.15, 0.2) is 0 Å². The Labute approximate surface area is 172 Å². The highest BCUT2D eigenvalue weighted by molar-refractivity contribution is 5.83. The van der Waals surface area contributed by atoms with Crippen LogP contribution in [0.25, 0.3) is 10.9 Å². The molecule has 5 unspecified atom stereocenters. The van der Waals surface area contributed by atoms with Crippen molar-refractivity contribution in [2.75, 3.05) is 27.2 Å². The summed E-state index contributed by atoms with van der Waals surface area (Å²) in [6, 6.07) is 8.06. The first kappa shape index (κ1) is 19.6. The second-order valence-electron chi connectivity index (χ2n) is 7.87. The predicted molar refractivity (Wildman–Crippen MR) is 99.4 cm³/mol. The van der Waals surface area contributed by atoms with E-state index in [1.54, 1.807) is 13.3 Å². The van der Waals surface area contributed by atoms with Crippen molar-refractivity contribution in [1.29, 1.82) is 0 Å². The highest BCUT2D eigenvalue weighted by atomic mass is 127. The molecular formula is C21H27IN2O2. The maximum Gasteiger partial charge on any atom is 0.131 e. The lowest BCUT2D eigenvalue weighted by molar-refractivity contribution is -0.956. The lowest BCUT2D eigenvalue weighted by Gasteiger charge is -2.56. The van der Waals surface area contributed by atoms with Gasteiger partial charge in [-0.3, -0.25) is 4.98 Å². The van der Waals surface area contributed by atoms with Gasteiger partial charge in [-0.25, -0.2) is 0 Å². The summed E-state index contributed by atoms with van der Waals surface area (Å²) < 4.78 is 6.31. The fraction of sp³-hybridized carbons (Fsp3) is 0.476. The second kappa shape index (κ2) is 7.44. The number of halogens is 1. The first-order valence-electron chi connectivity index (χ1n) is 9.13. The van der Waals surface area contributed by atoms with Gasteiger partial charge in [0.2, 0.25) is 0 Å². The number of fused-ring (bicyclic) bond motifs is 4. The molecule has 1 aromatic heterocycles. The Morgan fingerprint density at radius 3 is 2.88 bits per heavy atom. The van der Waals surface area contributed by atoms with Gasteiger partial charge < -0.3 is 38.3 Å². The number of quaternary nitrogens is 1. The number of aliphatic hydroxyl groups is 1. The fourth-order valence-electron chi connectivity index (χ4n) is 5.03. The molecular weight excluding hydrogens is 439 g/mol. The van der Waals surface area contributed by atoms with Crippen LogP contribution in [0, 0.1) is 11.8 Å². The molecule has 26 heavy (non-hydrogen) atoms. The Morgan fingerprint density at radius 1 is 1.38 bits per heavy atom. The molecule has 2 bridgehead atoms. The van der Waals surface area contributed by atoms with Gasteiger partial charge >= 0.3 is 0 Å². The minimum Gasteiger partial charge on any atom is -1.00 e. The monoisotopic (exact) mass is 466 g/mol. The SMILES string of the molecule is C=CC1C[N+]2(C)CCC1CC2C(O)c1ccnc2ccc(OC)cc12.[I-]. The number of nitrogens with zero attached hydrogens (tertiary/aromatic N) is 2. The van der Waals surface area contributed by atoms with E-state index < -0.39 is 6.10 Å². The summed E-state index contributed by atoms with van der Waals surface area (Å²) in [4.78, 5) is 4.45. The van der Waals surface area contributed by atoms with E-state index in [1.807, 2.05) is 24.3 Å². The van der Waals surface area contributed by atoms with Crippen molar-refractivity contribution in [2.24, 2.45) is 11.8 Å². The van der Waals surface area contributed by atoms with E-state index in [9.17, 15) is 5.11 Å². The molecule has 140 valence electrons. The molecule has 3 saturated heterocycles. The highest BCUT2D eigenvalue weighted by Crippen LogP contribution is 2.45. The van der Waals surface area contributed by atoms with Crippen LogP contribution in [0.2, 0.25) is 0 Å². The lowest BCUT2D eigenvalue weighted by Crippen LogP contribution is -3.00. The van der Waals surface area contributed by atoms with Crippen molar-refractivity contribution >= 4 is 10.9 Å². The molecule has 0 aliphatic carbocycles. The molecule has 1 aromatic carbocycles. The molecule has 3 aliphatic heterocycles. The number of methoxy groups -OCH3 is 1. The summed E-state index contributed by atoms with van der Waals surface area (Å²) in [6.45, 7) is 6.26. The van der Waals surface area contributed by atoms with Gasteiger partial charge in [0, 0.05) is 30.3 Å². The number of hydrogen-bond acceptors (Lipinski definition) is 3. The topological polar surface area (TPSA) is 42.4 Å². The molecule has 5 atom stereocenters. The summed E-state index contributed by atoms with van der Waals surface area (Å²) in [5, 5.41) is 12.3. The van der Waals surface area contributed by atoms with Crippen LogP contribution < -0.4 is 28.7 Å². The number of aromatic nitrogens is 1. The maximum absolute atomic E-state index is 11.3. The number of piperidine rings is 3. The molecule has 5 rings (SSSR count). The zero-order chi connectivity index (χ0) is 17.6. The number of pyridine rings is 1. The summed E-state index contributed by atoms with van der Waals surface area (Å²) in [6.07, 6.45) is 5.73. The van der Waals surface area contributed by atoms with E-state index in [4.69, 9.17) is 4.74 Å². The molecule has 0 saturated carbocycles. The Bertz CT molecular complexity index is 812. The molecule has 3 fully saturated rings. The normalized spacial score (nSPS) is 31.3. The van der Waals surface area contributed by atoms with Gasteiger partial charge in [-0.05, 0) is 35.7 Å². The van der Waals surface area contributed by atoms with Crippen molar-refractivity contribution < 1.29 is 38.3 Å². The molecule has 4 heterocycles. The largest absolute Gasteiger partial charge is 1.00 e. The fourth-order valence-corrected chi connectivity index (χ4v) is 5.03. The quantitative estimate of drug-likeness (QED) is 0.401. The molecule has 0 spiro atoms. The Kier molecular flexibility index (Phi) is 5.61. The van der Waals surface area contributed by atoms with Gasteiger partial charge in [-0.1, -0.05) is 6.08 Å². The Hall–Kier alpha value is -1.18. The van der Waals surface area contributed by atoms with Crippen LogP contribution in [0.15, 0.2) is 43.1 Å². The lowest BCUT2D eigenvalue weighted by atomic mass is 9.72. The van der Waals surface area contributed by atoms with Gasteiger partial charge in [-0.2, -0.15) is 0 Å². The van der Waals surface area contributed by atoms with Crippen molar-refractivity contribution in [3.8, 4) is 5.75 Å². The maximum atomic E-state index is 11.3. The predicted octanol–water partition coefficient (Wildman–Crippen LogP) is 0.322. The average Bonchev–Trinajstić information content (AvgIpc) is 2.66. The number of ether oxygens (including phenoxy) is 1. The van der Waals surface area contributed by atoms with Crippen LogP contribution in [-0.2, 0) is 0 Å². The van der Waals surface area contributed by atoms with Crippen LogP contribution in [0.1, 0.15) is 24.5 Å². The minimum atomic E-state index is -0.490. The minimum absolute atomic E-state index is 0. The van der Waals surface area contributed by atoms with Gasteiger partial charge in [0.1, 0.15) is 17.9 Å². The van der Waals surface area contributed by atoms with E-state index in [0.29, 0.717) is 11.8 Å². The summed E-state index contributed by atoms with van der Waals surface area (Å²) in [5.74, 6) is 2.03.